The molecule has 2 N–H and O–H groups in total. The van der Waals surface area contributed by atoms with E-state index in [0.717, 1.165) is 13.0 Å². The van der Waals surface area contributed by atoms with Gasteiger partial charge in [-0.05, 0) is 18.9 Å². The van der Waals surface area contributed by atoms with Crippen LogP contribution in [-0.4, -0.2) is 37.0 Å². The Morgan fingerprint density at radius 2 is 2.36 bits per heavy atom. The maximum absolute atomic E-state index is 9.95. The molecule has 1 rings (SSSR count). The normalized spacial score (nSPS) is 29.4. The second-order valence-corrected chi connectivity index (χ2v) is 4.55. The van der Waals surface area contributed by atoms with E-state index >= 15 is 0 Å². The predicted molar refractivity (Wildman–Crippen MR) is 57.3 cm³/mol. The highest BCUT2D eigenvalue weighted by atomic mass is 16.5. The van der Waals surface area contributed by atoms with Gasteiger partial charge in [0.1, 0.15) is 5.60 Å². The predicted octanol–water partition coefficient (Wildman–Crippen LogP) is 1.16. The lowest BCUT2D eigenvalue weighted by molar-refractivity contribution is 0.0265. The van der Waals surface area contributed by atoms with Crippen LogP contribution in [0.4, 0.5) is 0 Å². The molecule has 2 unspecified atom stereocenters. The molecule has 84 valence electrons. The zero-order chi connectivity index (χ0) is 10.4. The van der Waals surface area contributed by atoms with E-state index in [1.807, 2.05) is 0 Å². The molecule has 1 heterocycles. The average Bonchev–Trinajstić information content (AvgIpc) is 2.53. The largest absolute Gasteiger partial charge is 0.386 e. The van der Waals surface area contributed by atoms with Gasteiger partial charge in [0.15, 0.2) is 0 Å². The van der Waals surface area contributed by atoms with Crippen LogP contribution in [0.2, 0.25) is 0 Å². The van der Waals surface area contributed by atoms with Crippen molar-refractivity contribution >= 4 is 0 Å². The van der Waals surface area contributed by atoms with Crippen molar-refractivity contribution in [2.45, 2.75) is 38.7 Å². The summed E-state index contributed by atoms with van der Waals surface area (Å²) in [6.07, 6.45) is 3.25. The lowest BCUT2D eigenvalue weighted by atomic mass is 10.0. The average molecular weight is 201 g/mol. The minimum atomic E-state index is -0.605. The third-order valence-corrected chi connectivity index (χ3v) is 2.81. The molecule has 1 saturated heterocycles. The van der Waals surface area contributed by atoms with Gasteiger partial charge in [0.05, 0.1) is 6.61 Å². The van der Waals surface area contributed by atoms with E-state index in [1.165, 1.54) is 12.8 Å². The maximum Gasteiger partial charge on any atom is 0.102 e. The molecule has 0 bridgehead atoms. The highest BCUT2D eigenvalue weighted by Crippen LogP contribution is 2.17. The van der Waals surface area contributed by atoms with Crippen LogP contribution in [0.25, 0.3) is 0 Å². The molecule has 3 heteroatoms. The van der Waals surface area contributed by atoms with Gasteiger partial charge in [-0.15, -0.1) is 0 Å². The van der Waals surface area contributed by atoms with E-state index in [-0.39, 0.29) is 0 Å². The monoisotopic (exact) mass is 201 g/mol. The SMILES string of the molecule is CCCC(C)CNCC1(O)CCOC1. The highest BCUT2D eigenvalue weighted by Gasteiger charge is 2.31. The van der Waals surface area contributed by atoms with Crippen LogP contribution >= 0.6 is 0 Å². The molecule has 1 aliphatic heterocycles. The van der Waals surface area contributed by atoms with Gasteiger partial charge < -0.3 is 15.2 Å². The third-order valence-electron chi connectivity index (χ3n) is 2.81. The molecule has 0 aromatic carbocycles. The van der Waals surface area contributed by atoms with Gasteiger partial charge in [-0.25, -0.2) is 0 Å². The second-order valence-electron chi connectivity index (χ2n) is 4.55. The smallest absolute Gasteiger partial charge is 0.102 e. The third kappa shape index (κ3) is 3.95. The van der Waals surface area contributed by atoms with E-state index in [1.54, 1.807) is 0 Å². The van der Waals surface area contributed by atoms with E-state index in [9.17, 15) is 5.11 Å². The molecule has 0 saturated carbocycles. The van der Waals surface area contributed by atoms with Crippen LogP contribution in [0.3, 0.4) is 0 Å². The fourth-order valence-corrected chi connectivity index (χ4v) is 1.88. The first kappa shape index (κ1) is 12.0. The molecular formula is C11H23NO2. The zero-order valence-corrected chi connectivity index (χ0v) is 9.38. The molecule has 3 nitrogen and oxygen atoms in total. The van der Waals surface area contributed by atoms with E-state index in [2.05, 4.69) is 19.2 Å². The summed E-state index contributed by atoms with van der Waals surface area (Å²) in [6.45, 7) is 7.29. The number of hydrogen-bond donors (Lipinski definition) is 2. The van der Waals surface area contributed by atoms with Crippen molar-refractivity contribution in [1.82, 2.24) is 5.32 Å². The number of ether oxygens (including phenoxy) is 1. The van der Waals surface area contributed by atoms with Gasteiger partial charge in [0.25, 0.3) is 0 Å². The first-order valence-corrected chi connectivity index (χ1v) is 5.67. The molecule has 0 aromatic heterocycles. The van der Waals surface area contributed by atoms with Crippen LogP contribution in [0, 0.1) is 5.92 Å². The van der Waals surface area contributed by atoms with Gasteiger partial charge in [-0.3, -0.25) is 0 Å². The summed E-state index contributed by atoms with van der Waals surface area (Å²) in [5, 5.41) is 13.3. The molecule has 0 spiro atoms. The summed E-state index contributed by atoms with van der Waals surface area (Å²) < 4.78 is 5.18. The number of hydrogen-bond acceptors (Lipinski definition) is 3. The van der Waals surface area contributed by atoms with Crippen LogP contribution < -0.4 is 5.32 Å². The fraction of sp³-hybridized carbons (Fsp3) is 1.00. The van der Waals surface area contributed by atoms with Crippen LogP contribution in [0.1, 0.15) is 33.1 Å². The zero-order valence-electron chi connectivity index (χ0n) is 9.38. The fourth-order valence-electron chi connectivity index (χ4n) is 1.88. The standard InChI is InChI=1S/C11H23NO2/c1-3-4-10(2)7-12-8-11(13)5-6-14-9-11/h10,12-13H,3-9H2,1-2H3. The Bertz CT molecular complexity index is 155. The van der Waals surface area contributed by atoms with Gasteiger partial charge in [0, 0.05) is 19.6 Å². The van der Waals surface area contributed by atoms with E-state index in [0.29, 0.717) is 25.7 Å². The number of aliphatic hydroxyl groups is 1. The maximum atomic E-state index is 9.95. The minimum Gasteiger partial charge on any atom is -0.386 e. The van der Waals surface area contributed by atoms with Crippen LogP contribution in [0.5, 0.6) is 0 Å². The van der Waals surface area contributed by atoms with Crippen molar-refractivity contribution in [2.24, 2.45) is 5.92 Å². The van der Waals surface area contributed by atoms with Crippen molar-refractivity contribution in [1.29, 1.82) is 0 Å². The second kappa shape index (κ2) is 5.69. The van der Waals surface area contributed by atoms with E-state index < -0.39 is 5.60 Å². The molecular weight excluding hydrogens is 178 g/mol. The molecule has 0 radical (unpaired) electrons. The summed E-state index contributed by atoms with van der Waals surface area (Å²) in [7, 11) is 0. The first-order valence-electron chi connectivity index (χ1n) is 5.67. The topological polar surface area (TPSA) is 41.5 Å². The van der Waals surface area contributed by atoms with Gasteiger partial charge in [0.2, 0.25) is 0 Å². The number of nitrogens with one attached hydrogen (secondary N) is 1. The Morgan fingerprint density at radius 1 is 1.57 bits per heavy atom. The van der Waals surface area contributed by atoms with Gasteiger partial charge in [-0.2, -0.15) is 0 Å². The van der Waals surface area contributed by atoms with Gasteiger partial charge >= 0.3 is 0 Å². The van der Waals surface area contributed by atoms with Crippen molar-refractivity contribution in [3.63, 3.8) is 0 Å². The van der Waals surface area contributed by atoms with E-state index in [4.69, 9.17) is 4.74 Å². The quantitative estimate of drug-likeness (QED) is 0.677. The summed E-state index contributed by atoms with van der Waals surface area (Å²) in [5.41, 5.74) is -0.605. The van der Waals surface area contributed by atoms with Crippen molar-refractivity contribution in [2.75, 3.05) is 26.3 Å². The summed E-state index contributed by atoms with van der Waals surface area (Å²) >= 11 is 0. The molecule has 0 aromatic rings. The van der Waals surface area contributed by atoms with Crippen LogP contribution in [0.15, 0.2) is 0 Å². The Morgan fingerprint density at radius 3 is 2.93 bits per heavy atom. The minimum absolute atomic E-state index is 0.488. The highest BCUT2D eigenvalue weighted by molar-refractivity contribution is 4.84. The Hall–Kier alpha value is -0.120. The molecule has 1 aliphatic rings. The summed E-state index contributed by atoms with van der Waals surface area (Å²) in [4.78, 5) is 0. The first-order chi connectivity index (χ1) is 6.66. The molecule has 2 atom stereocenters. The summed E-state index contributed by atoms with van der Waals surface area (Å²) in [6, 6.07) is 0. The van der Waals surface area contributed by atoms with Crippen molar-refractivity contribution in [3.8, 4) is 0 Å². The van der Waals surface area contributed by atoms with Crippen molar-refractivity contribution in [3.05, 3.63) is 0 Å². The number of rotatable bonds is 6. The molecule has 1 fully saturated rings. The molecule has 0 aliphatic carbocycles. The Kier molecular flexibility index (Phi) is 4.85. The van der Waals surface area contributed by atoms with Gasteiger partial charge in [-0.1, -0.05) is 20.3 Å². The molecule has 14 heavy (non-hydrogen) atoms. The lowest BCUT2D eigenvalue weighted by Crippen LogP contribution is -2.42. The summed E-state index contributed by atoms with van der Waals surface area (Å²) in [5.74, 6) is 0.700. The molecule has 0 amide bonds. The Labute approximate surface area is 86.8 Å². The van der Waals surface area contributed by atoms with Crippen molar-refractivity contribution < 1.29 is 9.84 Å². The van der Waals surface area contributed by atoms with Crippen LogP contribution in [-0.2, 0) is 4.74 Å². The Balaban J connectivity index is 2.08. The lowest BCUT2D eigenvalue weighted by Gasteiger charge is -2.22.